The quantitative estimate of drug-likeness (QED) is 0.889. The van der Waals surface area contributed by atoms with Gasteiger partial charge in [0.25, 0.3) is 0 Å². The minimum atomic E-state index is -1.00. The SMILES string of the molecule is Cc1ccc(C(=O)O)c(Nc2cccc(C)c2C#N)c1. The van der Waals surface area contributed by atoms with Crippen molar-refractivity contribution in [2.75, 3.05) is 5.32 Å². The van der Waals surface area contributed by atoms with Crippen LogP contribution in [0.25, 0.3) is 0 Å². The van der Waals surface area contributed by atoms with Crippen LogP contribution in [0.3, 0.4) is 0 Å². The first kappa shape index (κ1) is 13.6. The molecule has 4 nitrogen and oxygen atoms in total. The Morgan fingerprint density at radius 1 is 1.20 bits per heavy atom. The van der Waals surface area contributed by atoms with Gasteiger partial charge < -0.3 is 10.4 Å². The lowest BCUT2D eigenvalue weighted by molar-refractivity contribution is 0.0698. The summed E-state index contributed by atoms with van der Waals surface area (Å²) < 4.78 is 0. The maximum atomic E-state index is 11.2. The van der Waals surface area contributed by atoms with Crippen molar-refractivity contribution in [3.8, 4) is 6.07 Å². The highest BCUT2D eigenvalue weighted by Gasteiger charge is 2.12. The molecule has 0 amide bonds. The highest BCUT2D eigenvalue weighted by atomic mass is 16.4. The average molecular weight is 266 g/mol. The molecule has 2 rings (SSSR count). The molecule has 2 aromatic carbocycles. The highest BCUT2D eigenvalue weighted by Crippen LogP contribution is 2.26. The zero-order valence-electron chi connectivity index (χ0n) is 11.3. The Labute approximate surface area is 117 Å². The standard InChI is InChI=1S/C16H14N2O2/c1-10-6-7-12(16(19)20)15(8-10)18-14-5-3-4-11(2)13(14)9-17/h3-8,18H,1-2H3,(H,19,20). The maximum Gasteiger partial charge on any atom is 0.337 e. The van der Waals surface area contributed by atoms with Gasteiger partial charge in [-0.25, -0.2) is 4.79 Å². The van der Waals surface area contributed by atoms with Gasteiger partial charge in [0.15, 0.2) is 0 Å². The van der Waals surface area contributed by atoms with E-state index in [2.05, 4.69) is 11.4 Å². The number of hydrogen-bond acceptors (Lipinski definition) is 3. The Hall–Kier alpha value is -2.80. The maximum absolute atomic E-state index is 11.2. The largest absolute Gasteiger partial charge is 0.478 e. The van der Waals surface area contributed by atoms with E-state index in [1.54, 1.807) is 24.3 Å². The van der Waals surface area contributed by atoms with Crippen molar-refractivity contribution in [2.45, 2.75) is 13.8 Å². The van der Waals surface area contributed by atoms with E-state index in [1.165, 1.54) is 0 Å². The fraction of sp³-hybridized carbons (Fsp3) is 0.125. The molecule has 0 heterocycles. The van der Waals surface area contributed by atoms with Crippen LogP contribution in [0.15, 0.2) is 36.4 Å². The molecule has 20 heavy (non-hydrogen) atoms. The molecule has 0 unspecified atom stereocenters. The zero-order valence-corrected chi connectivity index (χ0v) is 11.3. The zero-order chi connectivity index (χ0) is 14.7. The van der Waals surface area contributed by atoms with Crippen LogP contribution in [0.2, 0.25) is 0 Å². The number of aromatic carboxylic acids is 1. The molecule has 0 aliphatic carbocycles. The minimum Gasteiger partial charge on any atom is -0.478 e. The van der Waals surface area contributed by atoms with Gasteiger partial charge in [0.2, 0.25) is 0 Å². The first-order valence-electron chi connectivity index (χ1n) is 6.13. The molecule has 0 aromatic heterocycles. The van der Waals surface area contributed by atoms with Crippen LogP contribution in [-0.2, 0) is 0 Å². The van der Waals surface area contributed by atoms with E-state index in [4.69, 9.17) is 0 Å². The van der Waals surface area contributed by atoms with Crippen molar-refractivity contribution in [1.29, 1.82) is 5.26 Å². The molecule has 2 aromatic rings. The number of carboxylic acid groups (broad SMARTS) is 1. The summed E-state index contributed by atoms with van der Waals surface area (Å²) in [6, 6.07) is 12.6. The van der Waals surface area contributed by atoms with Crippen LogP contribution in [-0.4, -0.2) is 11.1 Å². The summed E-state index contributed by atoms with van der Waals surface area (Å²) >= 11 is 0. The monoisotopic (exact) mass is 266 g/mol. The van der Waals surface area contributed by atoms with Gasteiger partial charge in [-0.15, -0.1) is 0 Å². The predicted molar refractivity (Wildman–Crippen MR) is 77.3 cm³/mol. The van der Waals surface area contributed by atoms with Crippen LogP contribution in [0.4, 0.5) is 11.4 Å². The Balaban J connectivity index is 2.51. The van der Waals surface area contributed by atoms with E-state index in [9.17, 15) is 15.2 Å². The Morgan fingerprint density at radius 2 is 1.95 bits per heavy atom. The second kappa shape index (κ2) is 5.45. The number of carbonyl (C=O) groups is 1. The molecule has 0 bridgehead atoms. The molecular weight excluding hydrogens is 252 g/mol. The molecule has 0 saturated heterocycles. The molecule has 100 valence electrons. The van der Waals surface area contributed by atoms with E-state index in [0.717, 1.165) is 11.1 Å². The Kier molecular flexibility index (Phi) is 3.72. The number of hydrogen-bond donors (Lipinski definition) is 2. The van der Waals surface area contributed by atoms with Crippen LogP contribution < -0.4 is 5.32 Å². The molecule has 0 aliphatic heterocycles. The summed E-state index contributed by atoms with van der Waals surface area (Å²) in [6.07, 6.45) is 0. The number of nitrogens with one attached hydrogen (secondary N) is 1. The fourth-order valence-corrected chi connectivity index (χ4v) is 2.01. The lowest BCUT2D eigenvalue weighted by Crippen LogP contribution is -2.04. The predicted octanol–water partition coefficient (Wildman–Crippen LogP) is 3.62. The van der Waals surface area contributed by atoms with Gasteiger partial charge in [0, 0.05) is 0 Å². The van der Waals surface area contributed by atoms with Crippen LogP contribution >= 0.6 is 0 Å². The number of nitriles is 1. The van der Waals surface area contributed by atoms with Gasteiger partial charge in [-0.3, -0.25) is 0 Å². The smallest absolute Gasteiger partial charge is 0.337 e. The highest BCUT2D eigenvalue weighted by molar-refractivity contribution is 5.95. The summed E-state index contributed by atoms with van der Waals surface area (Å²) in [5.41, 5.74) is 3.59. The topological polar surface area (TPSA) is 73.1 Å². The molecule has 4 heteroatoms. The summed E-state index contributed by atoms with van der Waals surface area (Å²) in [4.78, 5) is 11.2. The summed E-state index contributed by atoms with van der Waals surface area (Å²) in [5, 5.41) is 21.5. The second-order valence-corrected chi connectivity index (χ2v) is 4.59. The summed E-state index contributed by atoms with van der Waals surface area (Å²) in [7, 11) is 0. The third-order valence-corrected chi connectivity index (χ3v) is 3.06. The molecule has 2 N–H and O–H groups in total. The number of carboxylic acids is 1. The molecular formula is C16H14N2O2. The van der Waals surface area contributed by atoms with Crippen molar-refractivity contribution < 1.29 is 9.90 Å². The second-order valence-electron chi connectivity index (χ2n) is 4.59. The van der Waals surface area contributed by atoms with Crippen LogP contribution in [0, 0.1) is 25.2 Å². The first-order chi connectivity index (χ1) is 9.52. The van der Waals surface area contributed by atoms with E-state index in [1.807, 2.05) is 26.0 Å². The molecule has 0 aliphatic rings. The number of nitrogens with zero attached hydrogens (tertiary/aromatic N) is 1. The van der Waals surface area contributed by atoms with Crippen molar-refractivity contribution in [2.24, 2.45) is 0 Å². The van der Waals surface area contributed by atoms with Crippen molar-refractivity contribution in [3.05, 3.63) is 58.7 Å². The normalized spacial score (nSPS) is 9.85. The van der Waals surface area contributed by atoms with E-state index < -0.39 is 5.97 Å². The molecule has 0 radical (unpaired) electrons. The first-order valence-corrected chi connectivity index (χ1v) is 6.13. The third kappa shape index (κ3) is 2.62. The number of aryl methyl sites for hydroxylation is 2. The van der Waals surface area contributed by atoms with Gasteiger partial charge in [-0.1, -0.05) is 18.2 Å². The number of rotatable bonds is 3. The van der Waals surface area contributed by atoms with E-state index in [0.29, 0.717) is 16.9 Å². The average Bonchev–Trinajstić information content (AvgIpc) is 2.38. The van der Waals surface area contributed by atoms with Gasteiger partial charge in [-0.05, 0) is 43.2 Å². The van der Waals surface area contributed by atoms with Crippen molar-refractivity contribution in [3.63, 3.8) is 0 Å². The van der Waals surface area contributed by atoms with Crippen molar-refractivity contribution in [1.82, 2.24) is 0 Å². The summed E-state index contributed by atoms with van der Waals surface area (Å²) in [6.45, 7) is 3.73. The van der Waals surface area contributed by atoms with Gasteiger partial charge in [-0.2, -0.15) is 5.26 Å². The van der Waals surface area contributed by atoms with Gasteiger partial charge >= 0.3 is 5.97 Å². The molecule has 0 saturated carbocycles. The van der Waals surface area contributed by atoms with Gasteiger partial charge in [0.05, 0.1) is 22.5 Å². The van der Waals surface area contributed by atoms with Gasteiger partial charge in [0.1, 0.15) is 6.07 Å². The third-order valence-electron chi connectivity index (χ3n) is 3.06. The summed E-state index contributed by atoms with van der Waals surface area (Å²) in [5.74, 6) is -1.00. The Morgan fingerprint density at radius 3 is 2.60 bits per heavy atom. The molecule has 0 fully saturated rings. The lowest BCUT2D eigenvalue weighted by Gasteiger charge is -2.13. The minimum absolute atomic E-state index is 0.181. The van der Waals surface area contributed by atoms with E-state index in [-0.39, 0.29) is 5.56 Å². The fourth-order valence-electron chi connectivity index (χ4n) is 2.01. The van der Waals surface area contributed by atoms with Crippen LogP contribution in [0.1, 0.15) is 27.0 Å². The molecule has 0 atom stereocenters. The van der Waals surface area contributed by atoms with Crippen LogP contribution in [0.5, 0.6) is 0 Å². The van der Waals surface area contributed by atoms with E-state index >= 15 is 0 Å². The number of benzene rings is 2. The lowest BCUT2D eigenvalue weighted by atomic mass is 10.1. The molecule has 0 spiro atoms. The van der Waals surface area contributed by atoms with Crippen molar-refractivity contribution >= 4 is 17.3 Å². The Bertz CT molecular complexity index is 715. The number of anilines is 2.